The zero-order valence-corrected chi connectivity index (χ0v) is 10.9. The van der Waals surface area contributed by atoms with E-state index >= 15 is 0 Å². The van der Waals surface area contributed by atoms with Crippen molar-refractivity contribution in [2.45, 2.75) is 6.61 Å². The van der Waals surface area contributed by atoms with Crippen LogP contribution >= 0.6 is 15.9 Å². The Labute approximate surface area is 112 Å². The van der Waals surface area contributed by atoms with Gasteiger partial charge in [-0.3, -0.25) is 0 Å². The molecule has 0 spiro atoms. The minimum atomic E-state index is -0.417. The maximum atomic E-state index is 13.0. The van der Waals surface area contributed by atoms with E-state index in [0.29, 0.717) is 10.2 Å². The van der Waals surface area contributed by atoms with E-state index < -0.39 is 5.82 Å². The number of hydrogen-bond acceptors (Lipinski definition) is 2. The second-order valence-corrected chi connectivity index (χ2v) is 4.57. The Hall–Kier alpha value is -1.62. The molecule has 18 heavy (non-hydrogen) atoms. The second-order valence-electron chi connectivity index (χ2n) is 3.72. The number of ether oxygens (including phenoxy) is 1. The average Bonchev–Trinajstić information content (AvgIpc) is 2.34. The molecule has 0 radical (unpaired) electrons. The minimum absolute atomic E-state index is 0.187. The van der Waals surface area contributed by atoms with Crippen LogP contribution < -0.4 is 10.5 Å². The normalized spacial score (nSPS) is 10.4. The standard InChI is InChI=1S/C13H10BrF2NO/c14-10-5-8(1-3-11(10)16)7-18-13-6-9(15)2-4-12(13)17/h1-6H,7,17H2. The van der Waals surface area contributed by atoms with Crippen molar-refractivity contribution in [2.75, 3.05) is 5.73 Å². The lowest BCUT2D eigenvalue weighted by Gasteiger charge is -2.09. The summed E-state index contributed by atoms with van der Waals surface area (Å²) < 4.78 is 31.8. The lowest BCUT2D eigenvalue weighted by molar-refractivity contribution is 0.306. The number of halogens is 3. The number of rotatable bonds is 3. The Morgan fingerprint density at radius 3 is 2.61 bits per heavy atom. The van der Waals surface area contributed by atoms with Crippen LogP contribution in [0.3, 0.4) is 0 Å². The van der Waals surface area contributed by atoms with Gasteiger partial charge in [-0.1, -0.05) is 6.07 Å². The van der Waals surface area contributed by atoms with Crippen molar-refractivity contribution in [1.82, 2.24) is 0 Å². The summed E-state index contributed by atoms with van der Waals surface area (Å²) in [6.45, 7) is 0.187. The third kappa shape index (κ3) is 2.98. The van der Waals surface area contributed by atoms with Crippen molar-refractivity contribution in [2.24, 2.45) is 0 Å². The molecule has 2 nitrogen and oxygen atoms in total. The maximum absolute atomic E-state index is 13.0. The Balaban J connectivity index is 2.11. The van der Waals surface area contributed by atoms with E-state index in [1.54, 1.807) is 12.1 Å². The van der Waals surface area contributed by atoms with E-state index in [4.69, 9.17) is 10.5 Å². The fourth-order valence-electron chi connectivity index (χ4n) is 1.42. The van der Waals surface area contributed by atoms with E-state index in [-0.39, 0.29) is 18.2 Å². The molecule has 0 aliphatic rings. The number of nitrogen functional groups attached to an aromatic ring is 1. The van der Waals surface area contributed by atoms with Gasteiger partial charge in [0.15, 0.2) is 0 Å². The van der Waals surface area contributed by atoms with Crippen LogP contribution in [0.15, 0.2) is 40.9 Å². The number of benzene rings is 2. The Morgan fingerprint density at radius 1 is 1.11 bits per heavy atom. The highest BCUT2D eigenvalue weighted by Gasteiger charge is 2.04. The van der Waals surface area contributed by atoms with Crippen molar-refractivity contribution in [3.63, 3.8) is 0 Å². The quantitative estimate of drug-likeness (QED) is 0.873. The Bertz CT molecular complexity index is 575. The second kappa shape index (κ2) is 5.35. The molecule has 2 N–H and O–H groups in total. The van der Waals surface area contributed by atoms with Crippen molar-refractivity contribution >= 4 is 21.6 Å². The van der Waals surface area contributed by atoms with Gasteiger partial charge in [0.1, 0.15) is 24.0 Å². The largest absolute Gasteiger partial charge is 0.487 e. The van der Waals surface area contributed by atoms with Crippen LogP contribution in [0.4, 0.5) is 14.5 Å². The van der Waals surface area contributed by atoms with E-state index in [9.17, 15) is 8.78 Å². The number of hydrogen-bond donors (Lipinski definition) is 1. The fraction of sp³-hybridized carbons (Fsp3) is 0.0769. The lowest BCUT2D eigenvalue weighted by Crippen LogP contribution is -1.99. The predicted octanol–water partition coefficient (Wildman–Crippen LogP) is 3.89. The summed E-state index contributed by atoms with van der Waals surface area (Å²) in [6.07, 6.45) is 0. The Morgan fingerprint density at radius 2 is 1.89 bits per heavy atom. The van der Waals surface area contributed by atoms with Crippen molar-refractivity contribution in [1.29, 1.82) is 0 Å². The van der Waals surface area contributed by atoms with Gasteiger partial charge in [-0.15, -0.1) is 0 Å². The fourth-order valence-corrected chi connectivity index (χ4v) is 1.85. The zero-order chi connectivity index (χ0) is 13.1. The molecule has 2 aromatic rings. The number of anilines is 1. The van der Waals surface area contributed by atoms with Gasteiger partial charge < -0.3 is 10.5 Å². The smallest absolute Gasteiger partial charge is 0.145 e. The number of nitrogens with two attached hydrogens (primary N) is 1. The average molecular weight is 314 g/mol. The molecule has 94 valence electrons. The first kappa shape index (κ1) is 12.8. The molecule has 5 heteroatoms. The lowest BCUT2D eigenvalue weighted by atomic mass is 10.2. The third-order valence-corrected chi connectivity index (χ3v) is 2.96. The van der Waals surface area contributed by atoms with Crippen LogP contribution in [-0.4, -0.2) is 0 Å². The summed E-state index contributed by atoms with van der Waals surface area (Å²) >= 11 is 3.08. The summed E-state index contributed by atoms with van der Waals surface area (Å²) in [5.41, 5.74) is 6.76. The van der Waals surface area contributed by atoms with Crippen LogP contribution in [0, 0.1) is 11.6 Å². The van der Waals surface area contributed by atoms with Gasteiger partial charge in [0.05, 0.1) is 10.2 Å². The first-order valence-electron chi connectivity index (χ1n) is 5.18. The molecule has 0 saturated heterocycles. The van der Waals surface area contributed by atoms with Crippen molar-refractivity contribution in [3.05, 3.63) is 58.1 Å². The predicted molar refractivity (Wildman–Crippen MR) is 69.2 cm³/mol. The zero-order valence-electron chi connectivity index (χ0n) is 9.29. The van der Waals surface area contributed by atoms with Crippen LogP contribution in [0.2, 0.25) is 0 Å². The first-order valence-corrected chi connectivity index (χ1v) is 5.97. The molecule has 2 aromatic carbocycles. The molecule has 0 amide bonds. The molecule has 0 fully saturated rings. The van der Waals surface area contributed by atoms with Crippen LogP contribution in [0.1, 0.15) is 5.56 Å². The molecule has 0 saturated carbocycles. The molecule has 0 heterocycles. The van der Waals surface area contributed by atoms with Gasteiger partial charge >= 0.3 is 0 Å². The molecular weight excluding hydrogens is 304 g/mol. The van der Waals surface area contributed by atoms with Gasteiger partial charge in [0.2, 0.25) is 0 Å². The van der Waals surface area contributed by atoms with Gasteiger partial charge in [-0.2, -0.15) is 0 Å². The van der Waals surface area contributed by atoms with Gasteiger partial charge in [0, 0.05) is 6.07 Å². The highest BCUT2D eigenvalue weighted by atomic mass is 79.9. The summed E-state index contributed by atoms with van der Waals surface area (Å²) in [5.74, 6) is -0.487. The molecular formula is C13H10BrF2NO. The molecule has 0 aromatic heterocycles. The molecule has 0 unspecified atom stereocenters. The van der Waals surface area contributed by atoms with Crippen molar-refractivity contribution in [3.8, 4) is 5.75 Å². The van der Waals surface area contributed by atoms with Gasteiger partial charge in [-0.25, -0.2) is 8.78 Å². The van der Waals surface area contributed by atoms with Gasteiger partial charge in [-0.05, 0) is 45.8 Å². The molecule has 0 atom stereocenters. The van der Waals surface area contributed by atoms with Crippen LogP contribution in [0.25, 0.3) is 0 Å². The summed E-state index contributed by atoms with van der Waals surface area (Å²) in [6, 6.07) is 8.44. The molecule has 0 aliphatic carbocycles. The topological polar surface area (TPSA) is 35.2 Å². The Kier molecular flexibility index (Phi) is 3.81. The highest BCUT2D eigenvalue weighted by molar-refractivity contribution is 9.10. The summed E-state index contributed by atoms with van der Waals surface area (Å²) in [4.78, 5) is 0. The monoisotopic (exact) mass is 313 g/mol. The SMILES string of the molecule is Nc1ccc(F)cc1OCc1ccc(F)c(Br)c1. The van der Waals surface area contributed by atoms with E-state index in [1.165, 1.54) is 24.3 Å². The third-order valence-electron chi connectivity index (χ3n) is 2.35. The van der Waals surface area contributed by atoms with Gasteiger partial charge in [0.25, 0.3) is 0 Å². The van der Waals surface area contributed by atoms with Crippen LogP contribution in [-0.2, 0) is 6.61 Å². The summed E-state index contributed by atoms with van der Waals surface area (Å²) in [5, 5.41) is 0. The molecule has 0 aliphatic heterocycles. The highest BCUT2D eigenvalue weighted by Crippen LogP contribution is 2.24. The first-order chi connectivity index (χ1) is 8.56. The minimum Gasteiger partial charge on any atom is -0.487 e. The van der Waals surface area contributed by atoms with Crippen molar-refractivity contribution < 1.29 is 13.5 Å². The molecule has 0 bridgehead atoms. The van der Waals surface area contributed by atoms with E-state index in [0.717, 1.165) is 5.56 Å². The van der Waals surface area contributed by atoms with E-state index in [1.807, 2.05) is 0 Å². The van der Waals surface area contributed by atoms with Crippen LogP contribution in [0.5, 0.6) is 5.75 Å². The summed E-state index contributed by atoms with van der Waals surface area (Å²) in [7, 11) is 0. The van der Waals surface area contributed by atoms with E-state index in [2.05, 4.69) is 15.9 Å². The maximum Gasteiger partial charge on any atom is 0.145 e. The molecule has 2 rings (SSSR count).